The third-order valence-electron chi connectivity index (χ3n) is 15.3. The van der Waals surface area contributed by atoms with Crippen molar-refractivity contribution in [1.29, 1.82) is 0 Å². The number of aliphatic carboxylic acids is 1. The fourth-order valence-electron chi connectivity index (χ4n) is 10.8. The quantitative estimate of drug-likeness (QED) is 0.0827. The van der Waals surface area contributed by atoms with Gasteiger partial charge >= 0.3 is 11.9 Å². The summed E-state index contributed by atoms with van der Waals surface area (Å²) >= 11 is 0. The molecule has 2 saturated heterocycles. The summed E-state index contributed by atoms with van der Waals surface area (Å²) < 4.78 is 35.3. The number of nitrogens with zero attached hydrogens (tertiary/aromatic N) is 1. The minimum Gasteiger partial charge on any atom is -0.480 e. The number of hydrogen-bond donors (Lipinski definition) is 3. The Bertz CT molecular complexity index is 1930. The summed E-state index contributed by atoms with van der Waals surface area (Å²) in [5, 5.41) is 32.3. The molecule has 3 N–H and O–H groups in total. The Morgan fingerprint density at radius 3 is 2.30 bits per heavy atom. The predicted octanol–water partition coefficient (Wildman–Crippen LogP) is 6.93. The Labute approximate surface area is 421 Å². The molecule has 0 unspecified atom stereocenters. The highest BCUT2D eigenvalue weighted by Crippen LogP contribution is 2.38. The minimum atomic E-state index is -2.44. The number of methoxy groups -OCH3 is 2. The van der Waals surface area contributed by atoms with E-state index in [9.17, 15) is 39.0 Å². The zero-order valence-corrected chi connectivity index (χ0v) is 44.0. The van der Waals surface area contributed by atoms with Gasteiger partial charge in [-0.15, -0.1) is 0 Å². The van der Waals surface area contributed by atoms with Crippen LogP contribution in [-0.2, 0) is 57.2 Å². The average molecular weight is 1000 g/mol. The first-order valence-electron chi connectivity index (χ1n) is 26.0. The molecule has 4 aliphatic rings. The van der Waals surface area contributed by atoms with Gasteiger partial charge in [0.1, 0.15) is 30.3 Å². The molecular weight excluding hydrogens is 915 g/mol. The monoisotopic (exact) mass is 1000 g/mol. The smallest absolute Gasteiger partial charge is 0.329 e. The number of carbonyl (C=O) groups is 6. The van der Waals surface area contributed by atoms with Gasteiger partial charge in [0.15, 0.2) is 0 Å². The normalized spacial score (nSPS) is 36.8. The van der Waals surface area contributed by atoms with E-state index < -0.39 is 84.2 Å². The van der Waals surface area contributed by atoms with Crippen LogP contribution in [0.3, 0.4) is 0 Å². The summed E-state index contributed by atoms with van der Waals surface area (Å²) in [4.78, 5) is 83.0. The zero-order chi connectivity index (χ0) is 52.6. The summed E-state index contributed by atoms with van der Waals surface area (Å²) in [6.07, 6.45) is 13.2. The maximum atomic E-state index is 14.5. The number of aliphatic hydroxyl groups is 2. The Morgan fingerprint density at radius 1 is 0.873 bits per heavy atom. The zero-order valence-electron chi connectivity index (χ0n) is 44.0. The topological polar surface area (TPSA) is 222 Å². The number of carboxylic acid groups (broad SMARTS) is 1. The van der Waals surface area contributed by atoms with Crippen LogP contribution >= 0.6 is 0 Å². The Hall–Kier alpha value is -3.90. The SMILES string of the molecule is CO[C@H]1C[C@@H]2CC[C@@H](C)[C@@](O)(O2)C(=O)C(=O)N2CCCC[C@H]2C(=O)O[C@H]([C@@H](C)C[C@H]2CC[C@@H](OCCOCC(=O)O)[C@H](OC)C2)CC(=O)[C@H](C)/C=C(\C)[C@@H](O)[C@@H](C)C(=O)[C@H](C)C[C@H](C)/C=C/C=CC=C1C. The van der Waals surface area contributed by atoms with Crippen LogP contribution in [0.15, 0.2) is 47.6 Å². The van der Waals surface area contributed by atoms with Crippen LogP contribution in [0.1, 0.15) is 132 Å². The summed E-state index contributed by atoms with van der Waals surface area (Å²) in [7, 11) is 3.18. The van der Waals surface area contributed by atoms with E-state index >= 15 is 0 Å². The van der Waals surface area contributed by atoms with E-state index in [4.69, 9.17) is 33.5 Å². The molecule has 0 radical (unpaired) electrons. The molecule has 0 aromatic heterocycles. The van der Waals surface area contributed by atoms with Crippen molar-refractivity contribution < 1.29 is 72.5 Å². The molecule has 1 amide bonds. The van der Waals surface area contributed by atoms with Gasteiger partial charge in [-0.05, 0) is 107 Å². The van der Waals surface area contributed by atoms with Crippen molar-refractivity contribution in [3.05, 3.63) is 47.6 Å². The largest absolute Gasteiger partial charge is 0.480 e. The van der Waals surface area contributed by atoms with Crippen LogP contribution in [0.2, 0.25) is 0 Å². The second-order valence-electron chi connectivity index (χ2n) is 21.0. The molecule has 3 heterocycles. The maximum absolute atomic E-state index is 14.5. The Morgan fingerprint density at radius 2 is 1.61 bits per heavy atom. The van der Waals surface area contributed by atoms with Crippen LogP contribution in [0.25, 0.3) is 0 Å². The molecule has 3 aliphatic heterocycles. The molecule has 4 rings (SSSR count). The number of ether oxygens (including phenoxy) is 6. The lowest BCUT2D eigenvalue weighted by Crippen LogP contribution is -2.61. The Balaban J connectivity index is 1.65. The van der Waals surface area contributed by atoms with Gasteiger partial charge < -0.3 is 48.6 Å². The molecule has 1 saturated carbocycles. The number of hydrogen-bond acceptors (Lipinski definition) is 14. The van der Waals surface area contributed by atoms with Gasteiger partial charge in [-0.2, -0.15) is 0 Å². The number of carbonyl (C=O) groups excluding carboxylic acids is 5. The van der Waals surface area contributed by atoms with E-state index in [1.807, 2.05) is 58.1 Å². The van der Waals surface area contributed by atoms with Crippen LogP contribution < -0.4 is 0 Å². The first kappa shape index (κ1) is 59.7. The summed E-state index contributed by atoms with van der Waals surface area (Å²) in [5.74, 6) is -9.48. The van der Waals surface area contributed by atoms with Gasteiger partial charge in [0.25, 0.3) is 11.7 Å². The number of rotatable bonds is 11. The van der Waals surface area contributed by atoms with Crippen molar-refractivity contribution in [1.82, 2.24) is 4.90 Å². The lowest BCUT2D eigenvalue weighted by atomic mass is 9.78. The van der Waals surface area contributed by atoms with Gasteiger partial charge in [-0.25, -0.2) is 9.59 Å². The lowest BCUT2D eigenvalue weighted by molar-refractivity contribution is -0.265. The van der Waals surface area contributed by atoms with E-state index in [2.05, 4.69) is 0 Å². The van der Waals surface area contributed by atoms with Gasteiger partial charge in [0.05, 0.1) is 43.7 Å². The number of allylic oxidation sites excluding steroid dienone is 6. The second kappa shape index (κ2) is 28.5. The Kier molecular flexibility index (Phi) is 24.0. The maximum Gasteiger partial charge on any atom is 0.329 e. The standard InChI is InChI=1S/C55H85NO15/c1-33-16-12-11-13-17-34(2)46(66-9)30-42-21-19-39(7)55(65,71-42)52(62)53(63)56-23-15-14-18-43(56)54(64)70-47(31-44(57)35(3)27-38(6)51(61)40(8)50(60)37(5)26-33)36(4)28-41-20-22-45(48(29-41)67-10)69-25-24-68-32-49(58)59/h11-13,16-17,27,33,35-37,39-43,45-48,51,61,65H,14-15,18-26,28-32H2,1-10H3,(H,58,59)/b13-11?,16-12+,34-17?,38-27+/t33-,35-,36+,37-,39-,40+,41-,42+,43+,45-,46+,47+,48-,51-,55-/m1/s1. The molecule has 1 aliphatic carbocycles. The molecular formula is C55H85NO15. The van der Waals surface area contributed by atoms with E-state index in [0.717, 1.165) is 12.0 Å². The molecule has 400 valence electrons. The highest BCUT2D eigenvalue weighted by atomic mass is 16.6. The van der Waals surface area contributed by atoms with Gasteiger partial charge in [0, 0.05) is 57.3 Å². The summed E-state index contributed by atoms with van der Waals surface area (Å²) in [6, 6.07) is -1.16. The molecule has 3 fully saturated rings. The highest BCUT2D eigenvalue weighted by Gasteiger charge is 2.53. The van der Waals surface area contributed by atoms with Crippen LogP contribution in [0, 0.1) is 41.4 Å². The molecule has 16 nitrogen and oxygen atoms in total. The third-order valence-corrected chi connectivity index (χ3v) is 15.3. The van der Waals surface area contributed by atoms with Crippen LogP contribution in [0.4, 0.5) is 0 Å². The highest BCUT2D eigenvalue weighted by molar-refractivity contribution is 6.39. The van der Waals surface area contributed by atoms with E-state index in [1.54, 1.807) is 48.0 Å². The fourth-order valence-corrected chi connectivity index (χ4v) is 10.8. The van der Waals surface area contributed by atoms with E-state index in [-0.39, 0.29) is 80.0 Å². The number of aliphatic hydroxyl groups excluding tert-OH is 1. The van der Waals surface area contributed by atoms with Crippen LogP contribution in [0.5, 0.6) is 0 Å². The molecule has 15 atom stereocenters. The first-order chi connectivity index (χ1) is 33.6. The van der Waals surface area contributed by atoms with Crippen molar-refractivity contribution >= 4 is 35.2 Å². The fraction of sp³-hybridized carbons (Fsp3) is 0.745. The van der Waals surface area contributed by atoms with Crippen molar-refractivity contribution in [2.24, 2.45) is 41.4 Å². The summed E-state index contributed by atoms with van der Waals surface area (Å²) in [6.45, 7) is 14.5. The number of Topliss-reactive ketones (excluding diaryl/α,β-unsaturated/α-hetero) is 3. The third kappa shape index (κ3) is 17.1. The number of cyclic esters (lactones) is 1. The second-order valence-corrected chi connectivity index (χ2v) is 21.0. The molecule has 0 aromatic carbocycles. The molecule has 0 spiro atoms. The predicted molar refractivity (Wildman–Crippen MR) is 266 cm³/mol. The van der Waals surface area contributed by atoms with Gasteiger partial charge in [-0.3, -0.25) is 19.2 Å². The molecule has 71 heavy (non-hydrogen) atoms. The van der Waals surface area contributed by atoms with Crippen molar-refractivity contribution in [3.63, 3.8) is 0 Å². The first-order valence-corrected chi connectivity index (χ1v) is 26.0. The van der Waals surface area contributed by atoms with Crippen LogP contribution in [-0.4, -0.2) is 144 Å². The van der Waals surface area contributed by atoms with E-state index in [1.165, 1.54) is 4.90 Å². The molecule has 0 aromatic rings. The van der Waals surface area contributed by atoms with Crippen molar-refractivity contribution in [2.75, 3.05) is 40.6 Å². The number of ketones is 3. The van der Waals surface area contributed by atoms with Gasteiger partial charge in [0.2, 0.25) is 5.79 Å². The number of esters is 1. The van der Waals surface area contributed by atoms with Crippen molar-refractivity contribution in [2.45, 2.75) is 181 Å². The number of piperidine rings is 1. The lowest BCUT2D eigenvalue weighted by Gasteiger charge is -2.42. The molecule has 16 heteroatoms. The number of fused-ring (bicyclic) bond motifs is 3. The average Bonchev–Trinajstić information content (AvgIpc) is 3.34. The summed E-state index contributed by atoms with van der Waals surface area (Å²) in [5.41, 5.74) is 1.36. The number of amides is 1. The van der Waals surface area contributed by atoms with E-state index in [0.29, 0.717) is 63.4 Å². The van der Waals surface area contributed by atoms with Gasteiger partial charge in [-0.1, -0.05) is 78.0 Å². The minimum absolute atomic E-state index is 0.0588. The van der Waals surface area contributed by atoms with Crippen molar-refractivity contribution in [3.8, 4) is 0 Å². The number of carboxylic acids is 1. The molecule has 2 bridgehead atoms.